The number of halogens is 1. The minimum Gasteiger partial charge on any atom is -0.450 e. The Balaban J connectivity index is 2.45. The summed E-state index contributed by atoms with van der Waals surface area (Å²) in [5.74, 6) is -0.545. The topological polar surface area (TPSA) is 80.3 Å². The van der Waals surface area contributed by atoms with E-state index in [4.69, 9.17) is 0 Å². The summed E-state index contributed by atoms with van der Waals surface area (Å²) in [4.78, 5) is 25.9. The maximum Gasteiger partial charge on any atom is 0.415 e. The molecule has 3 amide bonds. The van der Waals surface area contributed by atoms with E-state index in [1.807, 2.05) is 5.32 Å². The summed E-state index contributed by atoms with van der Waals surface area (Å²) in [7, 11) is 0. The van der Waals surface area contributed by atoms with Crippen LogP contribution in [0.1, 0.15) is 12.5 Å². The summed E-state index contributed by atoms with van der Waals surface area (Å²) in [6.45, 7) is 3.46. The second-order valence-corrected chi connectivity index (χ2v) is 3.97. The number of nitrogens with zero attached hydrogens (tertiary/aromatic N) is 1. The molecule has 0 saturated carbocycles. The number of nitrogens with one attached hydrogen (secondary N) is 2. The number of hydrogen-bond acceptors (Lipinski definition) is 5. The molecule has 1 aromatic rings. The third-order valence-electron chi connectivity index (χ3n) is 1.68. The van der Waals surface area contributed by atoms with E-state index >= 15 is 0 Å². The fourth-order valence-electron chi connectivity index (χ4n) is 0.976. The first kappa shape index (κ1) is 14.2. The van der Waals surface area contributed by atoms with Gasteiger partial charge in [-0.1, -0.05) is 0 Å². The van der Waals surface area contributed by atoms with E-state index < -0.39 is 17.9 Å². The number of amides is 3. The number of rotatable bonds is 3. The molecule has 0 aromatic carbocycles. The summed E-state index contributed by atoms with van der Waals surface area (Å²) in [5.41, 5.74) is 0.674. The lowest BCUT2D eigenvalue weighted by molar-refractivity contribution is 0.153. The van der Waals surface area contributed by atoms with Gasteiger partial charge >= 0.3 is 12.1 Å². The molecular weight excluding hydrogens is 261 g/mol. The van der Waals surface area contributed by atoms with Crippen molar-refractivity contribution < 1.29 is 18.7 Å². The van der Waals surface area contributed by atoms with Crippen LogP contribution < -0.4 is 10.0 Å². The zero-order valence-corrected chi connectivity index (χ0v) is 10.6. The van der Waals surface area contributed by atoms with Crippen LogP contribution in [0.2, 0.25) is 0 Å². The molecule has 0 spiro atoms. The molecule has 1 aromatic heterocycles. The van der Waals surface area contributed by atoms with Crippen LogP contribution in [0.3, 0.4) is 0 Å². The number of pyridine rings is 1. The quantitative estimate of drug-likeness (QED) is 0.823. The lowest BCUT2D eigenvalue weighted by atomic mass is 10.3. The van der Waals surface area contributed by atoms with E-state index in [0.29, 0.717) is 17.5 Å². The summed E-state index contributed by atoms with van der Waals surface area (Å²) in [5, 5.41) is 1.91. The van der Waals surface area contributed by atoms with Gasteiger partial charge in [0.2, 0.25) is 0 Å². The van der Waals surface area contributed by atoms with Crippen molar-refractivity contribution in [3.8, 4) is 0 Å². The molecule has 0 aliphatic heterocycles. The molecule has 8 heteroatoms. The third kappa shape index (κ3) is 4.58. The number of imide groups is 1. The highest BCUT2D eigenvalue weighted by Crippen LogP contribution is 2.16. The molecular formula is C10H12FN3O3S. The van der Waals surface area contributed by atoms with Crippen LogP contribution in [0.4, 0.5) is 14.0 Å². The third-order valence-corrected chi connectivity index (χ3v) is 2.46. The van der Waals surface area contributed by atoms with Crippen LogP contribution in [-0.2, 0) is 4.74 Å². The Labute approximate surface area is 107 Å². The molecule has 0 aliphatic carbocycles. The Morgan fingerprint density at radius 2 is 2.28 bits per heavy atom. The summed E-state index contributed by atoms with van der Waals surface area (Å²) in [6.07, 6.45) is 0.601. The average molecular weight is 273 g/mol. The smallest absolute Gasteiger partial charge is 0.415 e. The lowest BCUT2D eigenvalue weighted by Gasteiger charge is -2.06. The van der Waals surface area contributed by atoms with Gasteiger partial charge in [0.05, 0.1) is 6.61 Å². The molecule has 1 rings (SSSR count). The predicted octanol–water partition coefficient (Wildman–Crippen LogP) is 1.99. The van der Waals surface area contributed by atoms with E-state index in [1.165, 1.54) is 12.3 Å². The van der Waals surface area contributed by atoms with Crippen molar-refractivity contribution in [2.45, 2.75) is 18.9 Å². The van der Waals surface area contributed by atoms with Crippen molar-refractivity contribution in [3.05, 3.63) is 23.6 Å². The maximum absolute atomic E-state index is 13.3. The number of alkyl carbamates (subject to hydrolysis) is 1. The first-order chi connectivity index (χ1) is 8.52. The molecule has 0 fully saturated rings. The highest BCUT2D eigenvalue weighted by atomic mass is 32.2. The molecule has 0 aliphatic rings. The Bertz CT molecular complexity index is 456. The standard InChI is InChI=1S/C10H12FN3O3S/c1-3-17-10(16)13-9(15)14-18-8-7(11)4-6(2)5-12-8/h4-5H,3H2,1-2H3,(H2,13,14,15,16). The number of urea groups is 1. The van der Waals surface area contributed by atoms with Crippen molar-refractivity contribution >= 4 is 24.1 Å². The van der Waals surface area contributed by atoms with Gasteiger partial charge in [0.1, 0.15) is 0 Å². The lowest BCUT2D eigenvalue weighted by Crippen LogP contribution is -2.36. The van der Waals surface area contributed by atoms with Gasteiger partial charge in [-0.25, -0.2) is 24.3 Å². The van der Waals surface area contributed by atoms with Crippen molar-refractivity contribution in [2.75, 3.05) is 6.61 Å². The number of carbonyl (C=O) groups is 2. The van der Waals surface area contributed by atoms with Gasteiger partial charge in [-0.15, -0.1) is 0 Å². The Morgan fingerprint density at radius 1 is 1.56 bits per heavy atom. The summed E-state index contributed by atoms with van der Waals surface area (Å²) in [6, 6.07) is 0.487. The van der Waals surface area contributed by atoms with E-state index in [2.05, 4.69) is 14.4 Å². The van der Waals surface area contributed by atoms with Gasteiger partial charge in [-0.3, -0.25) is 4.72 Å². The summed E-state index contributed by atoms with van der Waals surface area (Å²) >= 11 is 0.668. The van der Waals surface area contributed by atoms with Gasteiger partial charge in [0.25, 0.3) is 0 Å². The Morgan fingerprint density at radius 3 is 2.89 bits per heavy atom. The van der Waals surface area contributed by atoms with Crippen LogP contribution in [0.15, 0.2) is 17.3 Å². The fraction of sp³-hybridized carbons (Fsp3) is 0.300. The SMILES string of the molecule is CCOC(=O)NC(=O)NSc1ncc(C)cc1F. The second kappa shape index (κ2) is 6.80. The van der Waals surface area contributed by atoms with Crippen LogP contribution in [0, 0.1) is 12.7 Å². The Hall–Kier alpha value is -1.83. The number of aryl methyl sites for hydroxylation is 1. The predicted molar refractivity (Wildman–Crippen MR) is 63.5 cm³/mol. The van der Waals surface area contributed by atoms with Gasteiger partial charge in [-0.2, -0.15) is 0 Å². The number of ether oxygens (including phenoxy) is 1. The minimum atomic E-state index is -0.868. The van der Waals surface area contributed by atoms with Gasteiger partial charge in [0, 0.05) is 18.1 Å². The molecule has 0 atom stereocenters. The van der Waals surface area contributed by atoms with Crippen molar-refractivity contribution in [2.24, 2.45) is 0 Å². The highest BCUT2D eigenvalue weighted by Gasteiger charge is 2.10. The van der Waals surface area contributed by atoms with Gasteiger partial charge in [-0.05, 0) is 25.5 Å². The van der Waals surface area contributed by atoms with Crippen molar-refractivity contribution in [1.29, 1.82) is 0 Å². The van der Waals surface area contributed by atoms with Gasteiger partial charge in [0.15, 0.2) is 10.8 Å². The maximum atomic E-state index is 13.3. The largest absolute Gasteiger partial charge is 0.450 e. The first-order valence-corrected chi connectivity index (χ1v) is 5.87. The van der Waals surface area contributed by atoms with E-state index in [0.717, 1.165) is 0 Å². The van der Waals surface area contributed by atoms with Crippen LogP contribution in [0.25, 0.3) is 0 Å². The zero-order chi connectivity index (χ0) is 13.5. The summed E-state index contributed by atoms with van der Waals surface area (Å²) < 4.78 is 20.0. The number of hydrogen-bond donors (Lipinski definition) is 2. The minimum absolute atomic E-state index is 0.0135. The van der Waals surface area contributed by atoms with Crippen molar-refractivity contribution in [1.82, 2.24) is 15.0 Å². The molecule has 0 radical (unpaired) electrons. The molecule has 6 nitrogen and oxygen atoms in total. The normalized spacial score (nSPS) is 9.72. The molecule has 2 N–H and O–H groups in total. The molecule has 98 valence electrons. The number of carbonyl (C=O) groups excluding carboxylic acids is 2. The van der Waals surface area contributed by atoms with Crippen LogP contribution in [-0.4, -0.2) is 23.7 Å². The first-order valence-electron chi connectivity index (χ1n) is 5.05. The second-order valence-electron chi connectivity index (χ2n) is 3.18. The van der Waals surface area contributed by atoms with Crippen LogP contribution >= 0.6 is 11.9 Å². The fourth-order valence-corrected chi connectivity index (χ4v) is 1.48. The zero-order valence-electron chi connectivity index (χ0n) is 9.82. The van der Waals surface area contributed by atoms with Crippen LogP contribution in [0.5, 0.6) is 0 Å². The molecule has 0 bridgehead atoms. The van der Waals surface area contributed by atoms with E-state index in [1.54, 1.807) is 13.8 Å². The van der Waals surface area contributed by atoms with Crippen molar-refractivity contribution in [3.63, 3.8) is 0 Å². The molecule has 18 heavy (non-hydrogen) atoms. The number of aromatic nitrogens is 1. The van der Waals surface area contributed by atoms with E-state index in [9.17, 15) is 14.0 Å². The molecule has 0 unspecified atom stereocenters. The molecule has 0 saturated heterocycles. The Kier molecular flexibility index (Phi) is 5.37. The van der Waals surface area contributed by atoms with Gasteiger partial charge < -0.3 is 4.74 Å². The highest BCUT2D eigenvalue weighted by molar-refractivity contribution is 7.97. The van der Waals surface area contributed by atoms with E-state index in [-0.39, 0.29) is 11.6 Å². The molecule has 1 heterocycles. The monoisotopic (exact) mass is 273 g/mol. The average Bonchev–Trinajstić information content (AvgIpc) is 2.28.